The number of ketones is 1. The third-order valence-corrected chi connectivity index (χ3v) is 6.28. The molecule has 1 unspecified atom stereocenters. The Morgan fingerprint density at radius 3 is 2.24 bits per heavy atom. The van der Waals surface area contributed by atoms with E-state index in [9.17, 15) is 22.4 Å². The van der Waals surface area contributed by atoms with E-state index in [-0.39, 0.29) is 17.5 Å². The lowest BCUT2D eigenvalue weighted by molar-refractivity contribution is 0.0924. The van der Waals surface area contributed by atoms with Crippen molar-refractivity contribution < 1.29 is 27.1 Å². The first-order chi connectivity index (χ1) is 13.6. The Kier molecular flexibility index (Phi) is 6.71. The highest BCUT2D eigenvalue weighted by Gasteiger charge is 2.28. The van der Waals surface area contributed by atoms with Crippen molar-refractivity contribution in [3.63, 3.8) is 0 Å². The van der Waals surface area contributed by atoms with Crippen LogP contribution in [0.1, 0.15) is 22.8 Å². The highest BCUT2D eigenvalue weighted by molar-refractivity contribution is 14.1. The SMILES string of the molecule is Cc1c(F)c(F)c(Oc2ccc(I)c(C(=O)C3C=CC(I)=C[C@H]3C)c2)c(F)c1F. The zero-order chi connectivity index (χ0) is 21.5. The summed E-state index contributed by atoms with van der Waals surface area (Å²) >= 11 is 4.14. The molecule has 1 aliphatic carbocycles. The Balaban J connectivity index is 1.97. The maximum atomic E-state index is 14.1. The number of ether oxygens (including phenoxy) is 1. The van der Waals surface area contributed by atoms with Gasteiger partial charge in [-0.3, -0.25) is 4.79 Å². The number of allylic oxidation sites excluding steroid dienone is 4. The fourth-order valence-electron chi connectivity index (χ4n) is 2.97. The summed E-state index contributed by atoms with van der Waals surface area (Å²) in [5.41, 5.74) is -0.477. The summed E-state index contributed by atoms with van der Waals surface area (Å²) in [6.07, 6.45) is 5.63. The van der Waals surface area contributed by atoms with Gasteiger partial charge in [0.15, 0.2) is 17.4 Å². The summed E-state index contributed by atoms with van der Waals surface area (Å²) < 4.78 is 62.6. The first-order valence-corrected chi connectivity index (χ1v) is 10.7. The summed E-state index contributed by atoms with van der Waals surface area (Å²) in [7, 11) is 0. The van der Waals surface area contributed by atoms with E-state index >= 15 is 0 Å². The van der Waals surface area contributed by atoms with Gasteiger partial charge in [-0.15, -0.1) is 0 Å². The van der Waals surface area contributed by atoms with Crippen LogP contribution >= 0.6 is 45.2 Å². The predicted octanol–water partition coefficient (Wildman–Crippen LogP) is 7.27. The van der Waals surface area contributed by atoms with Crippen molar-refractivity contribution >= 4 is 51.0 Å². The van der Waals surface area contributed by atoms with E-state index in [1.54, 1.807) is 0 Å². The average molecular weight is 628 g/mol. The molecule has 0 amide bonds. The molecule has 2 atom stereocenters. The first-order valence-electron chi connectivity index (χ1n) is 8.51. The van der Waals surface area contributed by atoms with Crippen LogP contribution < -0.4 is 4.74 Å². The van der Waals surface area contributed by atoms with Gasteiger partial charge in [0.2, 0.25) is 17.4 Å². The highest BCUT2D eigenvalue weighted by Crippen LogP contribution is 2.35. The van der Waals surface area contributed by atoms with E-state index in [0.717, 1.165) is 10.5 Å². The molecule has 152 valence electrons. The van der Waals surface area contributed by atoms with Crippen molar-refractivity contribution in [1.82, 2.24) is 0 Å². The molecule has 0 saturated carbocycles. The fourth-order valence-corrected chi connectivity index (χ4v) is 4.35. The van der Waals surface area contributed by atoms with Gasteiger partial charge >= 0.3 is 0 Å². The standard InChI is InChI=1S/C21H14F4I2O2/c1-9-7-11(26)3-5-13(9)20(28)14-8-12(4-6-15(14)27)29-21-18(24)16(22)10(2)17(23)19(21)25/h3-9,13H,1-2H3/t9-,13?/m1/s1. The number of halogens is 6. The molecular formula is C21H14F4I2O2. The third kappa shape index (κ3) is 4.37. The topological polar surface area (TPSA) is 26.3 Å². The Hall–Kier alpha value is -1.43. The van der Waals surface area contributed by atoms with Crippen LogP contribution in [-0.4, -0.2) is 5.78 Å². The molecule has 29 heavy (non-hydrogen) atoms. The van der Waals surface area contributed by atoms with E-state index in [2.05, 4.69) is 22.6 Å². The number of carbonyl (C=O) groups is 1. The second-order valence-corrected chi connectivity index (χ2v) is 9.02. The molecule has 0 radical (unpaired) electrons. The van der Waals surface area contributed by atoms with Crippen molar-refractivity contribution in [1.29, 1.82) is 0 Å². The van der Waals surface area contributed by atoms with Crippen LogP contribution in [0.3, 0.4) is 0 Å². The van der Waals surface area contributed by atoms with Gasteiger partial charge < -0.3 is 4.74 Å². The molecule has 2 aromatic carbocycles. The molecule has 0 aromatic heterocycles. The maximum Gasteiger partial charge on any atom is 0.204 e. The van der Waals surface area contributed by atoms with Crippen molar-refractivity contribution in [2.24, 2.45) is 11.8 Å². The molecule has 2 nitrogen and oxygen atoms in total. The molecule has 3 rings (SSSR count). The summed E-state index contributed by atoms with van der Waals surface area (Å²) in [6, 6.07) is 4.23. The molecule has 8 heteroatoms. The number of carbonyl (C=O) groups excluding carboxylic acids is 1. The molecule has 2 aromatic rings. The highest BCUT2D eigenvalue weighted by atomic mass is 127. The number of benzene rings is 2. The monoisotopic (exact) mass is 628 g/mol. The Labute approximate surface area is 192 Å². The molecule has 0 heterocycles. The van der Waals surface area contributed by atoms with Crippen LogP contribution in [-0.2, 0) is 0 Å². The largest absolute Gasteiger partial charge is 0.451 e. The van der Waals surface area contributed by atoms with E-state index in [4.69, 9.17) is 4.74 Å². The van der Waals surface area contributed by atoms with Gasteiger partial charge in [0.1, 0.15) is 5.75 Å². The van der Waals surface area contributed by atoms with Crippen molar-refractivity contribution in [3.8, 4) is 11.5 Å². The van der Waals surface area contributed by atoms with Crippen LogP contribution in [0.4, 0.5) is 17.6 Å². The van der Waals surface area contributed by atoms with Crippen LogP contribution in [0.25, 0.3) is 0 Å². The van der Waals surface area contributed by atoms with Gasteiger partial charge in [0.25, 0.3) is 0 Å². The third-order valence-electron chi connectivity index (χ3n) is 4.62. The molecule has 0 N–H and O–H groups in total. The number of rotatable bonds is 4. The molecule has 0 aliphatic heterocycles. The molecule has 0 bridgehead atoms. The van der Waals surface area contributed by atoms with Gasteiger partial charge in [0, 0.05) is 24.2 Å². The van der Waals surface area contributed by atoms with Gasteiger partial charge in [-0.05, 0) is 76.2 Å². The molecule has 1 aliphatic rings. The smallest absolute Gasteiger partial charge is 0.204 e. The van der Waals surface area contributed by atoms with Crippen molar-refractivity contribution in [3.05, 3.63) is 78.0 Å². The van der Waals surface area contributed by atoms with Crippen LogP contribution in [0.15, 0.2) is 40.0 Å². The minimum atomic E-state index is -1.63. The van der Waals surface area contributed by atoms with Gasteiger partial charge in [0.05, 0.1) is 0 Å². The maximum absolute atomic E-state index is 14.1. The van der Waals surface area contributed by atoms with Gasteiger partial charge in [-0.25, -0.2) is 8.78 Å². The van der Waals surface area contributed by atoms with Crippen molar-refractivity contribution in [2.75, 3.05) is 0 Å². The lowest BCUT2D eigenvalue weighted by Gasteiger charge is -2.21. The lowest BCUT2D eigenvalue weighted by atomic mass is 9.84. The minimum absolute atomic E-state index is 0.0325. The molecule has 0 spiro atoms. The summed E-state index contributed by atoms with van der Waals surface area (Å²) in [5.74, 6) is -8.22. The minimum Gasteiger partial charge on any atom is -0.451 e. The first kappa shape index (κ1) is 22.3. The summed E-state index contributed by atoms with van der Waals surface area (Å²) in [5, 5.41) is 0. The van der Waals surface area contributed by atoms with Crippen LogP contribution in [0, 0.1) is 45.6 Å². The quantitative estimate of drug-likeness (QED) is 0.154. The summed E-state index contributed by atoms with van der Waals surface area (Å²) in [4.78, 5) is 13.0. The summed E-state index contributed by atoms with van der Waals surface area (Å²) in [6.45, 7) is 2.84. The molecular weight excluding hydrogens is 614 g/mol. The van der Waals surface area contributed by atoms with E-state index < -0.39 is 40.5 Å². The van der Waals surface area contributed by atoms with Gasteiger partial charge in [-0.2, -0.15) is 8.78 Å². The second kappa shape index (κ2) is 8.75. The number of hydrogen-bond acceptors (Lipinski definition) is 2. The predicted molar refractivity (Wildman–Crippen MR) is 118 cm³/mol. The zero-order valence-corrected chi connectivity index (χ0v) is 19.5. The van der Waals surface area contributed by atoms with Crippen LogP contribution in [0.2, 0.25) is 0 Å². The van der Waals surface area contributed by atoms with Crippen molar-refractivity contribution in [2.45, 2.75) is 13.8 Å². The fraction of sp³-hybridized carbons (Fsp3) is 0.190. The van der Waals surface area contributed by atoms with Gasteiger partial charge in [-0.1, -0.05) is 25.2 Å². The van der Waals surface area contributed by atoms with E-state index in [0.29, 0.717) is 9.13 Å². The molecule has 0 saturated heterocycles. The van der Waals surface area contributed by atoms with E-state index in [1.807, 2.05) is 47.7 Å². The number of Topliss-reactive ketones (excluding diaryl/α,β-unsaturated/α-hetero) is 1. The van der Waals surface area contributed by atoms with E-state index in [1.165, 1.54) is 18.2 Å². The Morgan fingerprint density at radius 1 is 1.03 bits per heavy atom. The number of hydrogen-bond donors (Lipinski definition) is 0. The molecule has 0 fully saturated rings. The average Bonchev–Trinajstić information content (AvgIpc) is 2.69. The lowest BCUT2D eigenvalue weighted by Crippen LogP contribution is -2.21. The second-order valence-electron chi connectivity index (χ2n) is 6.61. The van der Waals surface area contributed by atoms with Crippen LogP contribution in [0.5, 0.6) is 11.5 Å². The zero-order valence-electron chi connectivity index (χ0n) is 15.2. The normalized spacial score (nSPS) is 18.6. The Bertz CT molecular complexity index is 1030. The Morgan fingerprint density at radius 2 is 1.66 bits per heavy atom.